The third kappa shape index (κ3) is 2.39. The fourth-order valence-corrected chi connectivity index (χ4v) is 2.25. The molecule has 1 saturated heterocycles. The number of rotatable bonds is 3. The molecule has 1 unspecified atom stereocenters. The van der Waals surface area contributed by atoms with Crippen molar-refractivity contribution in [2.45, 2.75) is 19.9 Å². The molecule has 0 aliphatic carbocycles. The molecule has 2 aromatic heterocycles. The summed E-state index contributed by atoms with van der Waals surface area (Å²) in [6, 6.07) is 0.153. The lowest BCUT2D eigenvalue weighted by Crippen LogP contribution is -2.44. The lowest BCUT2D eigenvalue weighted by atomic mass is 10.2. The van der Waals surface area contributed by atoms with E-state index in [0.29, 0.717) is 17.5 Å². The first kappa shape index (κ1) is 12.3. The molecule has 102 valence electrons. The summed E-state index contributed by atoms with van der Waals surface area (Å²) in [6.07, 6.45) is 1.60. The van der Waals surface area contributed by atoms with E-state index in [1.807, 2.05) is 6.92 Å². The first-order valence-electron chi connectivity index (χ1n) is 6.45. The monoisotopic (exact) mass is 263 g/mol. The third-order valence-electron chi connectivity index (χ3n) is 3.50. The van der Waals surface area contributed by atoms with Crippen molar-refractivity contribution in [3.8, 4) is 11.5 Å². The minimum atomic E-state index is 0.153. The number of nitrogens with zero attached hydrogens (tertiary/aromatic N) is 4. The average Bonchev–Trinajstić information content (AvgIpc) is 3.07. The Morgan fingerprint density at radius 2 is 2.11 bits per heavy atom. The van der Waals surface area contributed by atoms with Gasteiger partial charge in [-0.3, -0.25) is 4.90 Å². The second-order valence-electron chi connectivity index (χ2n) is 4.72. The molecular weight excluding hydrogens is 246 g/mol. The summed E-state index contributed by atoms with van der Waals surface area (Å²) in [7, 11) is 0. The summed E-state index contributed by atoms with van der Waals surface area (Å²) in [4.78, 5) is 6.79. The third-order valence-corrected chi connectivity index (χ3v) is 3.50. The van der Waals surface area contributed by atoms with E-state index in [4.69, 9.17) is 9.05 Å². The van der Waals surface area contributed by atoms with Crippen LogP contribution in [0.1, 0.15) is 24.6 Å². The maximum Gasteiger partial charge on any atom is 0.263 e. The SMILES string of the molecule is Cc1oncc1-c1nc(C(C)N2CCNCC2)no1. The molecule has 1 aliphatic rings. The number of nitrogens with one attached hydrogen (secondary N) is 1. The lowest BCUT2D eigenvalue weighted by molar-refractivity contribution is 0.176. The highest BCUT2D eigenvalue weighted by molar-refractivity contribution is 5.53. The molecule has 3 rings (SSSR count). The van der Waals surface area contributed by atoms with E-state index in [1.165, 1.54) is 0 Å². The highest BCUT2D eigenvalue weighted by Crippen LogP contribution is 2.24. The summed E-state index contributed by atoms with van der Waals surface area (Å²) in [6.45, 7) is 7.92. The van der Waals surface area contributed by atoms with Crippen LogP contribution in [0.4, 0.5) is 0 Å². The molecule has 2 aromatic rings. The molecule has 0 aromatic carbocycles. The molecule has 0 radical (unpaired) electrons. The average molecular weight is 263 g/mol. The first-order chi connectivity index (χ1) is 9.25. The van der Waals surface area contributed by atoms with Crippen LogP contribution in [0.15, 0.2) is 15.2 Å². The summed E-state index contributed by atoms with van der Waals surface area (Å²) in [5.74, 6) is 1.86. The predicted molar refractivity (Wildman–Crippen MR) is 67.4 cm³/mol. The van der Waals surface area contributed by atoms with Crippen LogP contribution in [0.2, 0.25) is 0 Å². The second kappa shape index (κ2) is 5.10. The van der Waals surface area contributed by atoms with Crippen LogP contribution in [-0.2, 0) is 0 Å². The van der Waals surface area contributed by atoms with Gasteiger partial charge in [0.25, 0.3) is 5.89 Å². The van der Waals surface area contributed by atoms with Gasteiger partial charge in [0.15, 0.2) is 5.82 Å². The van der Waals surface area contributed by atoms with Gasteiger partial charge in [-0.1, -0.05) is 10.3 Å². The quantitative estimate of drug-likeness (QED) is 0.884. The van der Waals surface area contributed by atoms with Crippen molar-refractivity contribution >= 4 is 0 Å². The number of aromatic nitrogens is 3. The molecule has 1 atom stereocenters. The van der Waals surface area contributed by atoms with Crippen LogP contribution >= 0.6 is 0 Å². The Hall–Kier alpha value is -1.73. The van der Waals surface area contributed by atoms with Gasteiger partial charge in [-0.05, 0) is 13.8 Å². The summed E-state index contributed by atoms with van der Waals surface area (Å²) >= 11 is 0. The van der Waals surface area contributed by atoms with Crippen molar-refractivity contribution in [1.82, 2.24) is 25.5 Å². The molecule has 19 heavy (non-hydrogen) atoms. The Bertz CT molecular complexity index is 544. The highest BCUT2D eigenvalue weighted by atomic mass is 16.5. The van der Waals surface area contributed by atoms with Crippen LogP contribution in [0.5, 0.6) is 0 Å². The normalized spacial score (nSPS) is 18.6. The summed E-state index contributed by atoms with van der Waals surface area (Å²) in [5.41, 5.74) is 0.756. The molecule has 0 amide bonds. The van der Waals surface area contributed by atoms with Crippen LogP contribution in [0.25, 0.3) is 11.5 Å². The van der Waals surface area contributed by atoms with Crippen LogP contribution in [0.3, 0.4) is 0 Å². The molecule has 0 saturated carbocycles. The number of piperazine rings is 1. The number of hydrogen-bond donors (Lipinski definition) is 1. The molecule has 3 heterocycles. The lowest BCUT2D eigenvalue weighted by Gasteiger charge is -2.30. The smallest absolute Gasteiger partial charge is 0.263 e. The molecule has 7 heteroatoms. The van der Waals surface area contributed by atoms with Crippen LogP contribution in [-0.4, -0.2) is 46.4 Å². The van der Waals surface area contributed by atoms with E-state index in [-0.39, 0.29) is 6.04 Å². The van der Waals surface area contributed by atoms with E-state index in [0.717, 1.165) is 31.7 Å². The highest BCUT2D eigenvalue weighted by Gasteiger charge is 2.23. The van der Waals surface area contributed by atoms with Crippen molar-refractivity contribution in [3.63, 3.8) is 0 Å². The maximum absolute atomic E-state index is 5.30. The second-order valence-corrected chi connectivity index (χ2v) is 4.72. The Labute approximate surface area is 110 Å². The van der Waals surface area contributed by atoms with Gasteiger partial charge >= 0.3 is 0 Å². The Morgan fingerprint density at radius 1 is 1.32 bits per heavy atom. The van der Waals surface area contributed by atoms with Gasteiger partial charge in [0.05, 0.1) is 12.2 Å². The molecule has 1 N–H and O–H groups in total. The fourth-order valence-electron chi connectivity index (χ4n) is 2.25. The van der Waals surface area contributed by atoms with Crippen LogP contribution < -0.4 is 5.32 Å². The Balaban J connectivity index is 1.79. The van der Waals surface area contributed by atoms with Gasteiger partial charge in [-0.2, -0.15) is 4.98 Å². The predicted octanol–water partition coefficient (Wildman–Crippen LogP) is 0.999. The molecule has 1 aliphatic heterocycles. The fraction of sp³-hybridized carbons (Fsp3) is 0.583. The molecule has 7 nitrogen and oxygen atoms in total. The van der Waals surface area contributed by atoms with Crippen molar-refractivity contribution in [1.29, 1.82) is 0 Å². The van der Waals surface area contributed by atoms with Crippen molar-refractivity contribution < 1.29 is 9.05 Å². The molecular formula is C12H17N5O2. The van der Waals surface area contributed by atoms with Crippen molar-refractivity contribution in [2.75, 3.05) is 26.2 Å². The molecule has 0 spiro atoms. The zero-order valence-electron chi connectivity index (χ0n) is 11.1. The van der Waals surface area contributed by atoms with Crippen molar-refractivity contribution in [2.24, 2.45) is 0 Å². The molecule has 0 bridgehead atoms. The largest absolute Gasteiger partial charge is 0.361 e. The number of aryl methyl sites for hydroxylation is 1. The minimum Gasteiger partial charge on any atom is -0.361 e. The Kier molecular flexibility index (Phi) is 3.31. The van der Waals surface area contributed by atoms with Crippen molar-refractivity contribution in [3.05, 3.63) is 17.8 Å². The zero-order chi connectivity index (χ0) is 13.2. The maximum atomic E-state index is 5.30. The summed E-state index contributed by atoms with van der Waals surface area (Å²) < 4.78 is 10.3. The van der Waals surface area contributed by atoms with E-state index < -0.39 is 0 Å². The topological polar surface area (TPSA) is 80.2 Å². The number of hydrogen-bond acceptors (Lipinski definition) is 7. The van der Waals surface area contributed by atoms with Gasteiger partial charge in [0.2, 0.25) is 0 Å². The van der Waals surface area contributed by atoms with Gasteiger partial charge in [-0.25, -0.2) is 0 Å². The molecule has 1 fully saturated rings. The first-order valence-corrected chi connectivity index (χ1v) is 6.45. The van der Waals surface area contributed by atoms with E-state index in [1.54, 1.807) is 6.20 Å². The van der Waals surface area contributed by atoms with E-state index in [2.05, 4.69) is 32.4 Å². The van der Waals surface area contributed by atoms with Gasteiger partial charge < -0.3 is 14.4 Å². The van der Waals surface area contributed by atoms with E-state index >= 15 is 0 Å². The Morgan fingerprint density at radius 3 is 2.79 bits per heavy atom. The standard InChI is InChI=1S/C12H17N5O2/c1-8(17-5-3-13-4-6-17)11-15-12(19-16-11)10-7-14-18-9(10)2/h7-8,13H,3-6H2,1-2H3. The van der Waals surface area contributed by atoms with Gasteiger partial charge in [0, 0.05) is 26.2 Å². The van der Waals surface area contributed by atoms with Gasteiger partial charge in [-0.15, -0.1) is 0 Å². The minimum absolute atomic E-state index is 0.153. The summed E-state index contributed by atoms with van der Waals surface area (Å²) in [5, 5.41) is 11.1. The van der Waals surface area contributed by atoms with Crippen LogP contribution in [0, 0.1) is 6.92 Å². The zero-order valence-corrected chi connectivity index (χ0v) is 11.1. The van der Waals surface area contributed by atoms with E-state index in [9.17, 15) is 0 Å². The van der Waals surface area contributed by atoms with Gasteiger partial charge in [0.1, 0.15) is 11.3 Å².